The summed E-state index contributed by atoms with van der Waals surface area (Å²) in [6.07, 6.45) is 2.19. The summed E-state index contributed by atoms with van der Waals surface area (Å²) in [6.45, 7) is 3.78. The summed E-state index contributed by atoms with van der Waals surface area (Å²) in [4.78, 5) is 13.8. The van der Waals surface area contributed by atoms with Crippen molar-refractivity contribution in [1.29, 1.82) is 0 Å². The molecule has 0 radical (unpaired) electrons. The first-order valence-corrected chi connectivity index (χ1v) is 6.97. The molecule has 1 aliphatic rings. The number of amides is 1. The second-order valence-electron chi connectivity index (χ2n) is 5.21. The molecule has 4 nitrogen and oxygen atoms in total. The third kappa shape index (κ3) is 3.01. The lowest BCUT2D eigenvalue weighted by atomic mass is 9.91. The van der Waals surface area contributed by atoms with Gasteiger partial charge < -0.3 is 16.4 Å². The number of nitrogens with zero attached hydrogens (tertiary/aromatic N) is 1. The number of primary amides is 1. The van der Waals surface area contributed by atoms with Gasteiger partial charge in [-0.25, -0.2) is 0 Å². The number of carbonyl (C=O) groups excluding carboxylic acids is 1. The lowest BCUT2D eigenvalue weighted by molar-refractivity contribution is 0.100. The number of carbonyl (C=O) groups is 1. The van der Waals surface area contributed by atoms with Gasteiger partial charge in [-0.1, -0.05) is 17.7 Å². The summed E-state index contributed by atoms with van der Waals surface area (Å²) in [5, 5.41) is 0.410. The van der Waals surface area contributed by atoms with Crippen molar-refractivity contribution in [3.63, 3.8) is 0 Å². The molecule has 19 heavy (non-hydrogen) atoms. The minimum absolute atomic E-state index is 0.152. The monoisotopic (exact) mass is 281 g/mol. The summed E-state index contributed by atoms with van der Waals surface area (Å²) in [7, 11) is 0. The fraction of sp³-hybridized carbons (Fsp3) is 0.500. The third-order valence-corrected chi connectivity index (χ3v) is 4.10. The van der Waals surface area contributed by atoms with Crippen LogP contribution in [-0.4, -0.2) is 25.0 Å². The molecule has 1 heterocycles. The van der Waals surface area contributed by atoms with Crippen LogP contribution in [0.2, 0.25) is 5.02 Å². The first-order valence-electron chi connectivity index (χ1n) is 6.59. The fourth-order valence-electron chi connectivity index (χ4n) is 2.68. The normalized spacial score (nSPS) is 21.2. The third-order valence-electron chi connectivity index (χ3n) is 3.78. The van der Waals surface area contributed by atoms with Crippen LogP contribution in [-0.2, 0) is 0 Å². The van der Waals surface area contributed by atoms with Crippen molar-refractivity contribution in [2.24, 2.45) is 17.4 Å². The molecule has 1 aromatic carbocycles. The topological polar surface area (TPSA) is 72.3 Å². The largest absolute Gasteiger partial charge is 0.371 e. The van der Waals surface area contributed by atoms with E-state index in [1.165, 1.54) is 0 Å². The molecule has 0 aliphatic carbocycles. The zero-order valence-corrected chi connectivity index (χ0v) is 11.9. The molecule has 104 valence electrons. The number of rotatable bonds is 3. The Labute approximate surface area is 118 Å². The van der Waals surface area contributed by atoms with Crippen LogP contribution in [0.4, 0.5) is 5.69 Å². The summed E-state index contributed by atoms with van der Waals surface area (Å²) in [5.41, 5.74) is 12.7. The van der Waals surface area contributed by atoms with Gasteiger partial charge in [0, 0.05) is 19.1 Å². The van der Waals surface area contributed by atoms with Crippen molar-refractivity contribution in [3.05, 3.63) is 28.8 Å². The lowest BCUT2D eigenvalue weighted by Gasteiger charge is -2.37. The molecular weight excluding hydrogens is 262 g/mol. The minimum Gasteiger partial charge on any atom is -0.371 e. The van der Waals surface area contributed by atoms with Crippen LogP contribution in [0.1, 0.15) is 30.1 Å². The van der Waals surface area contributed by atoms with E-state index >= 15 is 0 Å². The molecule has 1 saturated heterocycles. The maximum Gasteiger partial charge on any atom is 0.252 e. The Morgan fingerprint density at radius 3 is 2.89 bits per heavy atom. The Balaban J connectivity index is 2.31. The summed E-state index contributed by atoms with van der Waals surface area (Å²) in [5.74, 6) is -0.0445. The van der Waals surface area contributed by atoms with Crippen molar-refractivity contribution in [1.82, 2.24) is 0 Å². The molecule has 1 fully saturated rings. The average molecular weight is 282 g/mol. The number of piperidine rings is 1. The second-order valence-corrected chi connectivity index (χ2v) is 5.61. The predicted molar refractivity (Wildman–Crippen MR) is 78.6 cm³/mol. The molecule has 5 heteroatoms. The molecule has 0 spiro atoms. The SMILES string of the molecule is CC(N)C1CCCN(c2cccc(Cl)c2C(N)=O)C1. The van der Waals surface area contributed by atoms with Crippen LogP contribution in [0.15, 0.2) is 18.2 Å². The number of hydrogen-bond donors (Lipinski definition) is 2. The molecule has 1 aliphatic heterocycles. The molecule has 1 aromatic rings. The van der Waals surface area contributed by atoms with Crippen molar-refractivity contribution >= 4 is 23.2 Å². The maximum atomic E-state index is 11.6. The van der Waals surface area contributed by atoms with Crippen molar-refractivity contribution < 1.29 is 4.79 Å². The smallest absolute Gasteiger partial charge is 0.252 e. The molecular formula is C14H20ClN3O. The highest BCUT2D eigenvalue weighted by Gasteiger charge is 2.25. The van der Waals surface area contributed by atoms with E-state index in [1.54, 1.807) is 6.07 Å². The van der Waals surface area contributed by atoms with Crippen LogP contribution in [0.25, 0.3) is 0 Å². The lowest BCUT2D eigenvalue weighted by Crippen LogP contribution is -2.43. The van der Waals surface area contributed by atoms with Gasteiger partial charge in [-0.3, -0.25) is 4.79 Å². The van der Waals surface area contributed by atoms with Gasteiger partial charge >= 0.3 is 0 Å². The van der Waals surface area contributed by atoms with Crippen LogP contribution in [0, 0.1) is 5.92 Å². The number of nitrogens with two attached hydrogens (primary N) is 2. The van der Waals surface area contributed by atoms with Gasteiger partial charge in [0.1, 0.15) is 0 Å². The minimum atomic E-state index is -0.483. The van der Waals surface area contributed by atoms with Gasteiger partial charge in [-0.2, -0.15) is 0 Å². The van der Waals surface area contributed by atoms with Crippen LogP contribution in [0.5, 0.6) is 0 Å². The van der Waals surface area contributed by atoms with Gasteiger partial charge in [-0.15, -0.1) is 0 Å². The number of halogens is 1. The van der Waals surface area contributed by atoms with E-state index < -0.39 is 5.91 Å². The van der Waals surface area contributed by atoms with E-state index in [0.717, 1.165) is 31.6 Å². The molecule has 0 bridgehead atoms. The summed E-state index contributed by atoms with van der Waals surface area (Å²) >= 11 is 6.09. The number of benzene rings is 1. The summed E-state index contributed by atoms with van der Waals surface area (Å²) in [6, 6.07) is 5.59. The Morgan fingerprint density at radius 1 is 1.53 bits per heavy atom. The molecule has 1 amide bonds. The predicted octanol–water partition coefficient (Wildman–Crippen LogP) is 2.00. The molecule has 2 rings (SSSR count). The van der Waals surface area contributed by atoms with Gasteiger partial charge in [0.2, 0.25) is 0 Å². The van der Waals surface area contributed by atoms with Crippen molar-refractivity contribution in [2.45, 2.75) is 25.8 Å². The zero-order valence-electron chi connectivity index (χ0n) is 11.1. The Morgan fingerprint density at radius 2 is 2.26 bits per heavy atom. The van der Waals surface area contributed by atoms with Gasteiger partial charge in [0.25, 0.3) is 5.91 Å². The molecule has 4 N–H and O–H groups in total. The molecule has 0 saturated carbocycles. The first kappa shape index (κ1) is 14.2. The van der Waals surface area contributed by atoms with Gasteiger partial charge in [0.15, 0.2) is 0 Å². The van der Waals surface area contributed by atoms with Crippen LogP contribution >= 0.6 is 11.6 Å². The van der Waals surface area contributed by atoms with Crippen LogP contribution < -0.4 is 16.4 Å². The van der Waals surface area contributed by atoms with Gasteiger partial charge in [-0.05, 0) is 37.8 Å². The molecule has 2 unspecified atom stereocenters. The molecule has 2 atom stereocenters. The maximum absolute atomic E-state index is 11.6. The first-order chi connectivity index (χ1) is 9.00. The highest BCUT2D eigenvalue weighted by Crippen LogP contribution is 2.31. The fourth-order valence-corrected chi connectivity index (χ4v) is 2.94. The van der Waals surface area contributed by atoms with E-state index in [1.807, 2.05) is 19.1 Å². The number of hydrogen-bond acceptors (Lipinski definition) is 3. The average Bonchev–Trinajstić information content (AvgIpc) is 2.38. The standard InChI is InChI=1S/C14H20ClN3O/c1-9(16)10-4-3-7-18(8-10)12-6-2-5-11(15)13(12)14(17)19/h2,5-6,9-10H,3-4,7-8,16H2,1H3,(H2,17,19). The van der Waals surface area contributed by atoms with Crippen LogP contribution in [0.3, 0.4) is 0 Å². The van der Waals surface area contributed by atoms with Crippen molar-refractivity contribution in [2.75, 3.05) is 18.0 Å². The Bertz CT molecular complexity index is 476. The highest BCUT2D eigenvalue weighted by atomic mass is 35.5. The van der Waals surface area contributed by atoms with E-state index in [4.69, 9.17) is 23.1 Å². The Hall–Kier alpha value is -1.26. The zero-order chi connectivity index (χ0) is 14.0. The summed E-state index contributed by atoms with van der Waals surface area (Å²) < 4.78 is 0. The molecule has 0 aromatic heterocycles. The van der Waals surface area contributed by atoms with Gasteiger partial charge in [0.05, 0.1) is 16.3 Å². The van der Waals surface area contributed by atoms with E-state index in [9.17, 15) is 4.79 Å². The van der Waals surface area contributed by atoms with E-state index in [-0.39, 0.29) is 6.04 Å². The second kappa shape index (κ2) is 5.80. The highest BCUT2D eigenvalue weighted by molar-refractivity contribution is 6.34. The van der Waals surface area contributed by atoms with E-state index in [2.05, 4.69) is 4.90 Å². The number of anilines is 1. The quantitative estimate of drug-likeness (QED) is 0.890. The van der Waals surface area contributed by atoms with Crippen molar-refractivity contribution in [3.8, 4) is 0 Å². The Kier molecular flexibility index (Phi) is 4.32. The van der Waals surface area contributed by atoms with E-state index in [0.29, 0.717) is 16.5 Å².